The van der Waals surface area contributed by atoms with Crippen molar-refractivity contribution in [2.24, 2.45) is 5.92 Å². The topological polar surface area (TPSA) is 40.5 Å². The van der Waals surface area contributed by atoms with Crippen molar-refractivity contribution in [3.8, 4) is 0 Å². The van der Waals surface area contributed by atoms with Crippen LogP contribution in [0.25, 0.3) is 0 Å². The van der Waals surface area contributed by atoms with Crippen LogP contribution < -0.4 is 0 Å². The lowest BCUT2D eigenvalue weighted by Gasteiger charge is -2.16. The summed E-state index contributed by atoms with van der Waals surface area (Å²) in [6, 6.07) is 7.69. The van der Waals surface area contributed by atoms with Crippen LogP contribution in [0.3, 0.4) is 0 Å². The van der Waals surface area contributed by atoms with Crippen molar-refractivity contribution in [1.29, 1.82) is 0 Å². The second-order valence-electron chi connectivity index (χ2n) is 4.47. The number of nitrogens with zero attached hydrogens (tertiary/aromatic N) is 1. The van der Waals surface area contributed by atoms with Gasteiger partial charge in [-0.3, -0.25) is 4.79 Å². The maximum absolute atomic E-state index is 11.6. The van der Waals surface area contributed by atoms with E-state index in [0.717, 1.165) is 17.0 Å². The number of aliphatic hydroxyl groups is 1. The molecule has 0 aliphatic carbocycles. The zero-order chi connectivity index (χ0) is 12.3. The predicted molar refractivity (Wildman–Crippen MR) is 66.9 cm³/mol. The molecule has 2 rings (SSSR count). The highest BCUT2D eigenvalue weighted by Gasteiger charge is 2.28. The van der Waals surface area contributed by atoms with E-state index in [2.05, 4.69) is 0 Å². The van der Waals surface area contributed by atoms with Gasteiger partial charge in [-0.05, 0) is 24.1 Å². The Bertz CT molecular complexity index is 408. The van der Waals surface area contributed by atoms with Crippen molar-refractivity contribution in [2.75, 3.05) is 19.7 Å². The molecule has 0 aromatic heterocycles. The van der Waals surface area contributed by atoms with Gasteiger partial charge in [-0.1, -0.05) is 23.7 Å². The Labute approximate surface area is 106 Å². The Morgan fingerprint density at radius 3 is 2.94 bits per heavy atom. The van der Waals surface area contributed by atoms with E-state index in [1.54, 1.807) is 0 Å². The van der Waals surface area contributed by atoms with Gasteiger partial charge in [0, 0.05) is 37.1 Å². The van der Waals surface area contributed by atoms with E-state index >= 15 is 0 Å². The SMILES string of the molecule is O=C1CC(CO)CN1CCc1cccc(Cl)c1. The average molecular weight is 254 g/mol. The minimum absolute atomic E-state index is 0.0966. The van der Waals surface area contributed by atoms with E-state index in [4.69, 9.17) is 16.7 Å². The third kappa shape index (κ3) is 3.20. The van der Waals surface area contributed by atoms with Gasteiger partial charge in [0.25, 0.3) is 0 Å². The van der Waals surface area contributed by atoms with Crippen LogP contribution in [0, 0.1) is 5.92 Å². The summed E-state index contributed by atoms with van der Waals surface area (Å²) in [7, 11) is 0. The molecule has 1 aromatic carbocycles. The number of halogens is 1. The average Bonchev–Trinajstić information content (AvgIpc) is 2.68. The number of likely N-dealkylation sites (tertiary alicyclic amines) is 1. The Hall–Kier alpha value is -1.06. The van der Waals surface area contributed by atoms with E-state index in [0.29, 0.717) is 19.5 Å². The van der Waals surface area contributed by atoms with Crippen molar-refractivity contribution in [1.82, 2.24) is 4.90 Å². The number of rotatable bonds is 4. The summed E-state index contributed by atoms with van der Waals surface area (Å²) in [4.78, 5) is 13.4. The smallest absolute Gasteiger partial charge is 0.223 e. The molecule has 92 valence electrons. The predicted octanol–water partition coefficient (Wildman–Crippen LogP) is 1.72. The van der Waals surface area contributed by atoms with Crippen LogP contribution in [0.4, 0.5) is 0 Å². The zero-order valence-electron chi connectivity index (χ0n) is 9.60. The molecule has 1 amide bonds. The van der Waals surface area contributed by atoms with Gasteiger partial charge in [0.2, 0.25) is 5.91 Å². The molecule has 1 unspecified atom stereocenters. The Kier molecular flexibility index (Phi) is 4.02. The number of benzene rings is 1. The van der Waals surface area contributed by atoms with Gasteiger partial charge < -0.3 is 10.0 Å². The molecule has 0 saturated carbocycles. The molecule has 0 spiro atoms. The first-order valence-electron chi connectivity index (χ1n) is 5.82. The summed E-state index contributed by atoms with van der Waals surface area (Å²) in [5.74, 6) is 0.257. The van der Waals surface area contributed by atoms with Crippen LogP contribution in [-0.4, -0.2) is 35.6 Å². The molecule has 4 heteroatoms. The van der Waals surface area contributed by atoms with E-state index in [9.17, 15) is 4.79 Å². The largest absolute Gasteiger partial charge is 0.396 e. The number of hydrogen-bond acceptors (Lipinski definition) is 2. The van der Waals surface area contributed by atoms with Crippen LogP contribution in [0.1, 0.15) is 12.0 Å². The summed E-state index contributed by atoms with van der Waals surface area (Å²) >= 11 is 5.90. The molecule has 1 atom stereocenters. The van der Waals surface area contributed by atoms with Crippen LogP contribution in [0.2, 0.25) is 5.02 Å². The van der Waals surface area contributed by atoms with Crippen molar-refractivity contribution in [3.05, 3.63) is 34.9 Å². The molecule has 1 heterocycles. The van der Waals surface area contributed by atoms with Crippen LogP contribution in [-0.2, 0) is 11.2 Å². The highest BCUT2D eigenvalue weighted by Crippen LogP contribution is 2.18. The molecule has 0 bridgehead atoms. The van der Waals surface area contributed by atoms with Gasteiger partial charge >= 0.3 is 0 Å². The Morgan fingerprint density at radius 1 is 1.47 bits per heavy atom. The van der Waals surface area contributed by atoms with Crippen LogP contribution >= 0.6 is 11.6 Å². The monoisotopic (exact) mass is 253 g/mol. The normalized spacial score (nSPS) is 20.0. The van der Waals surface area contributed by atoms with Crippen molar-refractivity contribution in [2.45, 2.75) is 12.8 Å². The van der Waals surface area contributed by atoms with E-state index < -0.39 is 0 Å². The molecule has 1 aliphatic heterocycles. The van der Waals surface area contributed by atoms with E-state index in [1.807, 2.05) is 29.2 Å². The Balaban J connectivity index is 1.88. The summed E-state index contributed by atoms with van der Waals surface area (Å²) in [5, 5.41) is 9.75. The second kappa shape index (κ2) is 5.52. The molecule has 1 fully saturated rings. The standard InChI is InChI=1S/C13H16ClNO2/c14-12-3-1-2-10(6-12)4-5-15-8-11(9-16)7-13(15)17/h1-3,6,11,16H,4-5,7-9H2. The maximum Gasteiger partial charge on any atom is 0.223 e. The fourth-order valence-corrected chi connectivity index (χ4v) is 2.36. The first kappa shape index (κ1) is 12.4. The van der Waals surface area contributed by atoms with Gasteiger partial charge in [0.1, 0.15) is 0 Å². The lowest BCUT2D eigenvalue weighted by atomic mass is 10.1. The summed E-state index contributed by atoms with van der Waals surface area (Å²) in [6.07, 6.45) is 1.29. The fourth-order valence-electron chi connectivity index (χ4n) is 2.15. The molecule has 1 aromatic rings. The lowest BCUT2D eigenvalue weighted by Crippen LogP contribution is -2.27. The van der Waals surface area contributed by atoms with E-state index in [1.165, 1.54) is 0 Å². The summed E-state index contributed by atoms with van der Waals surface area (Å²) < 4.78 is 0. The van der Waals surface area contributed by atoms with Gasteiger partial charge in [0.15, 0.2) is 0 Å². The van der Waals surface area contributed by atoms with E-state index in [-0.39, 0.29) is 18.4 Å². The quantitative estimate of drug-likeness (QED) is 0.888. The highest BCUT2D eigenvalue weighted by atomic mass is 35.5. The van der Waals surface area contributed by atoms with Crippen LogP contribution in [0.15, 0.2) is 24.3 Å². The van der Waals surface area contributed by atoms with Gasteiger partial charge in [-0.2, -0.15) is 0 Å². The third-order valence-corrected chi connectivity index (χ3v) is 3.35. The molecular weight excluding hydrogens is 238 g/mol. The third-order valence-electron chi connectivity index (χ3n) is 3.11. The van der Waals surface area contributed by atoms with Gasteiger partial charge in [-0.25, -0.2) is 0 Å². The lowest BCUT2D eigenvalue weighted by molar-refractivity contribution is -0.127. The van der Waals surface area contributed by atoms with Crippen LogP contribution in [0.5, 0.6) is 0 Å². The Morgan fingerprint density at radius 2 is 2.29 bits per heavy atom. The van der Waals surface area contributed by atoms with Gasteiger partial charge in [0.05, 0.1) is 0 Å². The summed E-state index contributed by atoms with van der Waals surface area (Å²) in [5.41, 5.74) is 1.14. The first-order chi connectivity index (χ1) is 8.19. The van der Waals surface area contributed by atoms with Gasteiger partial charge in [-0.15, -0.1) is 0 Å². The molecule has 1 N–H and O–H groups in total. The fraction of sp³-hybridized carbons (Fsp3) is 0.462. The first-order valence-corrected chi connectivity index (χ1v) is 6.20. The summed E-state index contributed by atoms with van der Waals surface area (Å²) in [6.45, 7) is 1.48. The minimum atomic E-state index is 0.0966. The zero-order valence-corrected chi connectivity index (χ0v) is 10.4. The second-order valence-corrected chi connectivity index (χ2v) is 4.91. The number of aliphatic hydroxyl groups excluding tert-OH is 1. The molecule has 1 saturated heterocycles. The maximum atomic E-state index is 11.6. The number of carbonyl (C=O) groups is 1. The molecule has 17 heavy (non-hydrogen) atoms. The highest BCUT2D eigenvalue weighted by molar-refractivity contribution is 6.30. The number of amides is 1. The molecule has 3 nitrogen and oxygen atoms in total. The number of carbonyl (C=O) groups excluding carboxylic acids is 1. The molecule has 0 radical (unpaired) electrons. The molecular formula is C13H16ClNO2. The van der Waals surface area contributed by atoms with Crippen molar-refractivity contribution < 1.29 is 9.90 Å². The minimum Gasteiger partial charge on any atom is -0.396 e. The number of hydrogen-bond donors (Lipinski definition) is 1. The van der Waals surface area contributed by atoms with Crippen molar-refractivity contribution >= 4 is 17.5 Å². The molecule has 1 aliphatic rings. The van der Waals surface area contributed by atoms with Crippen molar-refractivity contribution in [3.63, 3.8) is 0 Å².